The summed E-state index contributed by atoms with van der Waals surface area (Å²) >= 11 is 1.43. The van der Waals surface area contributed by atoms with Crippen LogP contribution in [0.4, 0.5) is 5.69 Å². The van der Waals surface area contributed by atoms with Gasteiger partial charge in [-0.3, -0.25) is 9.59 Å². The van der Waals surface area contributed by atoms with Crippen LogP contribution in [-0.2, 0) is 15.0 Å². The van der Waals surface area contributed by atoms with Gasteiger partial charge in [0.25, 0.3) is 0 Å². The van der Waals surface area contributed by atoms with E-state index in [-0.39, 0.29) is 34.7 Å². The van der Waals surface area contributed by atoms with Gasteiger partial charge in [0.1, 0.15) is 0 Å². The monoisotopic (exact) mass is 315 g/mol. The van der Waals surface area contributed by atoms with Crippen LogP contribution < -0.4 is 4.90 Å². The lowest BCUT2D eigenvalue weighted by molar-refractivity contribution is -0.121. The lowest BCUT2D eigenvalue weighted by atomic mass is 9.71. The average Bonchev–Trinajstić information content (AvgIpc) is 2.72. The van der Waals surface area contributed by atoms with Gasteiger partial charge >= 0.3 is 0 Å². The summed E-state index contributed by atoms with van der Waals surface area (Å²) in [5.74, 6) is -0.106. The van der Waals surface area contributed by atoms with Crippen LogP contribution in [0.25, 0.3) is 0 Å². The van der Waals surface area contributed by atoms with Crippen LogP contribution in [0.3, 0.4) is 0 Å². The molecule has 1 aromatic carbocycles. The molecule has 2 unspecified atom stereocenters. The van der Waals surface area contributed by atoms with E-state index in [0.29, 0.717) is 5.69 Å². The van der Waals surface area contributed by atoms with Crippen LogP contribution in [0, 0.1) is 0 Å². The highest BCUT2D eigenvalue weighted by Crippen LogP contribution is 2.34. The Labute approximate surface area is 138 Å². The highest BCUT2D eigenvalue weighted by atomic mass is 32.2. The number of thioether (sulfide) groups is 1. The molecule has 2 radical (unpaired) electrons. The van der Waals surface area contributed by atoms with E-state index in [9.17, 15) is 9.59 Å². The molecule has 0 aliphatic carbocycles. The van der Waals surface area contributed by atoms with Crippen molar-refractivity contribution >= 4 is 37.1 Å². The van der Waals surface area contributed by atoms with E-state index in [2.05, 4.69) is 13.8 Å². The van der Waals surface area contributed by atoms with Gasteiger partial charge in [0.15, 0.2) is 0 Å². The first-order chi connectivity index (χ1) is 10.3. The Balaban J connectivity index is 2.22. The van der Waals surface area contributed by atoms with Crippen molar-refractivity contribution in [1.29, 1.82) is 0 Å². The number of nitrogens with zero attached hydrogens (tertiary/aromatic N) is 1. The molecule has 1 fully saturated rings. The van der Waals surface area contributed by atoms with Crippen LogP contribution in [0.1, 0.15) is 39.2 Å². The topological polar surface area (TPSA) is 37.4 Å². The molecule has 0 bridgehead atoms. The van der Waals surface area contributed by atoms with Crippen LogP contribution in [0.5, 0.6) is 0 Å². The van der Waals surface area contributed by atoms with Crippen LogP contribution in [0.15, 0.2) is 24.3 Å². The van der Waals surface area contributed by atoms with Crippen molar-refractivity contribution in [1.82, 2.24) is 0 Å². The first-order valence-electron chi connectivity index (χ1n) is 7.52. The Morgan fingerprint density at radius 1 is 1.32 bits per heavy atom. The molecule has 3 nitrogen and oxygen atoms in total. The van der Waals surface area contributed by atoms with Crippen LogP contribution >= 0.6 is 11.8 Å². The maximum Gasteiger partial charge on any atom is 0.247 e. The van der Waals surface area contributed by atoms with Gasteiger partial charge in [0, 0.05) is 6.42 Å². The van der Waals surface area contributed by atoms with Gasteiger partial charge in [-0.05, 0) is 35.8 Å². The zero-order chi connectivity index (χ0) is 16.5. The summed E-state index contributed by atoms with van der Waals surface area (Å²) in [7, 11) is 5.91. The third-order valence-corrected chi connectivity index (χ3v) is 5.07. The zero-order valence-corrected chi connectivity index (χ0v) is 14.4. The lowest BCUT2D eigenvalue weighted by Crippen LogP contribution is -2.31. The Morgan fingerprint density at radius 2 is 1.91 bits per heavy atom. The smallest absolute Gasteiger partial charge is 0.247 e. The molecule has 0 aromatic heterocycles. The molecule has 2 atom stereocenters. The summed E-state index contributed by atoms with van der Waals surface area (Å²) in [6, 6.07) is 7.70. The Hall–Kier alpha value is -1.23. The fraction of sp³-hybridized carbons (Fsp3) is 0.529. The number of amides is 2. The molecule has 116 valence electrons. The van der Waals surface area contributed by atoms with Gasteiger partial charge in [-0.25, -0.2) is 4.90 Å². The van der Waals surface area contributed by atoms with Crippen molar-refractivity contribution < 1.29 is 9.59 Å². The van der Waals surface area contributed by atoms with E-state index in [1.54, 1.807) is 0 Å². The minimum absolute atomic E-state index is 0.0342. The molecule has 0 spiro atoms. The third kappa shape index (κ3) is 3.40. The third-order valence-electron chi connectivity index (χ3n) is 4.13. The summed E-state index contributed by atoms with van der Waals surface area (Å²) in [6.07, 6.45) is 3.03. The maximum atomic E-state index is 12.2. The molecule has 22 heavy (non-hydrogen) atoms. The van der Waals surface area contributed by atoms with E-state index < -0.39 is 0 Å². The quantitative estimate of drug-likeness (QED) is 0.618. The normalized spacial score (nSPS) is 20.5. The molecule has 1 aliphatic heterocycles. The number of hydrogen-bond acceptors (Lipinski definition) is 3. The molecule has 2 amide bonds. The molecular weight excluding hydrogens is 293 g/mol. The number of benzene rings is 1. The fourth-order valence-electron chi connectivity index (χ4n) is 3.04. The zero-order valence-electron chi connectivity index (χ0n) is 13.6. The van der Waals surface area contributed by atoms with E-state index in [4.69, 9.17) is 7.85 Å². The van der Waals surface area contributed by atoms with Crippen molar-refractivity contribution in [2.45, 2.75) is 50.1 Å². The first-order valence-corrected chi connectivity index (χ1v) is 8.81. The standard InChI is InChI=1S/C17H22BNO2S/c1-11(18)10-17(2,3)12-5-7-13(8-6-12)19-15(20)9-14(22-4)16(19)21/h5-8,11,14H,9-10H2,1-4H3. The van der Waals surface area contributed by atoms with Crippen molar-refractivity contribution in [3.05, 3.63) is 29.8 Å². The predicted molar refractivity (Wildman–Crippen MR) is 93.7 cm³/mol. The van der Waals surface area contributed by atoms with Crippen molar-refractivity contribution in [3.63, 3.8) is 0 Å². The van der Waals surface area contributed by atoms with Crippen molar-refractivity contribution in [2.24, 2.45) is 0 Å². The molecule has 1 saturated heterocycles. The van der Waals surface area contributed by atoms with Gasteiger partial charge in [-0.2, -0.15) is 11.8 Å². The molecular formula is C17H22BNO2S. The first kappa shape index (κ1) is 17.1. The highest BCUT2D eigenvalue weighted by molar-refractivity contribution is 8.00. The molecule has 1 aromatic rings. The summed E-state index contributed by atoms with van der Waals surface area (Å²) < 4.78 is 0. The number of anilines is 1. The van der Waals surface area contributed by atoms with Crippen LogP contribution in [-0.4, -0.2) is 31.2 Å². The number of carbonyl (C=O) groups is 2. The summed E-state index contributed by atoms with van der Waals surface area (Å²) in [4.78, 5) is 25.6. The second-order valence-electron chi connectivity index (χ2n) is 6.61. The average molecular weight is 315 g/mol. The van der Waals surface area contributed by atoms with Crippen molar-refractivity contribution in [2.75, 3.05) is 11.2 Å². The lowest BCUT2D eigenvalue weighted by Gasteiger charge is -2.28. The number of rotatable bonds is 5. The van der Waals surface area contributed by atoms with Gasteiger partial charge in [0.05, 0.1) is 18.8 Å². The number of imide groups is 1. The number of hydrogen-bond donors (Lipinski definition) is 0. The van der Waals surface area contributed by atoms with Crippen molar-refractivity contribution in [3.8, 4) is 0 Å². The minimum atomic E-state index is -0.248. The Morgan fingerprint density at radius 3 is 2.36 bits per heavy atom. The SMILES string of the molecule is [B]C(C)CC(C)(C)c1ccc(N2C(=O)CC(SC)C2=O)cc1. The summed E-state index contributed by atoms with van der Waals surface area (Å²) in [5, 5.41) is -0.248. The molecule has 1 aliphatic rings. The van der Waals surface area contributed by atoms with E-state index in [0.717, 1.165) is 12.0 Å². The van der Waals surface area contributed by atoms with E-state index in [1.807, 2.05) is 37.4 Å². The van der Waals surface area contributed by atoms with E-state index in [1.165, 1.54) is 16.7 Å². The van der Waals surface area contributed by atoms with Gasteiger partial charge in [0.2, 0.25) is 11.8 Å². The van der Waals surface area contributed by atoms with Gasteiger partial charge < -0.3 is 0 Å². The van der Waals surface area contributed by atoms with Gasteiger partial charge in [-0.15, -0.1) is 0 Å². The van der Waals surface area contributed by atoms with E-state index >= 15 is 0 Å². The summed E-state index contributed by atoms with van der Waals surface area (Å²) in [5.41, 5.74) is 1.79. The van der Waals surface area contributed by atoms with Crippen LogP contribution in [0.2, 0.25) is 5.82 Å². The molecule has 1 heterocycles. The Bertz CT molecular complexity index is 569. The fourth-order valence-corrected chi connectivity index (χ4v) is 3.66. The maximum absolute atomic E-state index is 12.2. The minimum Gasteiger partial charge on any atom is -0.274 e. The predicted octanol–water partition coefficient (Wildman–Crippen LogP) is 3.33. The molecule has 5 heteroatoms. The molecule has 2 rings (SSSR count). The van der Waals surface area contributed by atoms with Gasteiger partial charge in [-0.1, -0.05) is 38.7 Å². The molecule has 0 N–H and O–H groups in total. The molecule has 0 saturated carbocycles. The Kier molecular flexibility index (Phi) is 5.05. The number of carbonyl (C=O) groups excluding carboxylic acids is 2. The highest BCUT2D eigenvalue weighted by Gasteiger charge is 2.39. The second-order valence-corrected chi connectivity index (χ2v) is 7.65. The largest absolute Gasteiger partial charge is 0.274 e. The second kappa shape index (κ2) is 6.49. The summed E-state index contributed by atoms with van der Waals surface area (Å²) in [6.45, 7) is 6.31.